The van der Waals surface area contributed by atoms with Crippen LogP contribution in [0.5, 0.6) is 5.75 Å². The van der Waals surface area contributed by atoms with Crippen molar-refractivity contribution in [3.8, 4) is 5.75 Å². The molecule has 0 radical (unpaired) electrons. The Hall–Kier alpha value is -3.75. The number of ether oxygens (including phenoxy) is 2. The fraction of sp³-hybridized carbons (Fsp3) is 0.304. The lowest BCUT2D eigenvalue weighted by molar-refractivity contribution is -0.274. The van der Waals surface area contributed by atoms with Gasteiger partial charge in [-0.25, -0.2) is 4.98 Å². The molecular weight excluding hydrogens is 515 g/mol. The zero-order valence-electron chi connectivity index (χ0n) is 19.6. The molecular formula is C23H24F3N5O5S. The maximum absolute atomic E-state index is 12.4. The zero-order valence-corrected chi connectivity index (χ0v) is 20.4. The highest BCUT2D eigenvalue weighted by Gasteiger charge is 2.31. The molecule has 0 saturated heterocycles. The van der Waals surface area contributed by atoms with Crippen LogP contribution in [0.4, 0.5) is 18.3 Å². The first-order valence-electron chi connectivity index (χ1n) is 10.9. The van der Waals surface area contributed by atoms with Gasteiger partial charge in [0.15, 0.2) is 5.13 Å². The smallest absolute Gasteiger partial charge is 0.406 e. The second kappa shape index (κ2) is 12.5. The molecule has 37 heavy (non-hydrogen) atoms. The molecule has 1 heterocycles. The third-order valence-electron chi connectivity index (χ3n) is 4.81. The number of amides is 3. The molecule has 0 saturated carbocycles. The van der Waals surface area contributed by atoms with Gasteiger partial charge in [-0.3, -0.25) is 14.4 Å². The number of likely N-dealkylation sites (N-methyl/N-ethyl adjacent to an activating group) is 1. The van der Waals surface area contributed by atoms with Crippen molar-refractivity contribution in [1.29, 1.82) is 0 Å². The van der Waals surface area contributed by atoms with Crippen LogP contribution in [0.1, 0.15) is 5.56 Å². The minimum Gasteiger partial charge on any atom is -0.406 e. The predicted molar refractivity (Wildman–Crippen MR) is 130 cm³/mol. The Morgan fingerprint density at radius 1 is 1.16 bits per heavy atom. The van der Waals surface area contributed by atoms with Gasteiger partial charge in [0.2, 0.25) is 17.7 Å². The van der Waals surface area contributed by atoms with Gasteiger partial charge < -0.3 is 30.7 Å². The molecule has 0 aliphatic rings. The van der Waals surface area contributed by atoms with Crippen molar-refractivity contribution in [2.45, 2.75) is 19.0 Å². The summed E-state index contributed by atoms with van der Waals surface area (Å²) in [5.41, 5.74) is 7.08. The van der Waals surface area contributed by atoms with Crippen LogP contribution in [0.3, 0.4) is 0 Å². The monoisotopic (exact) mass is 539 g/mol. The highest BCUT2D eigenvalue weighted by Crippen LogP contribution is 2.31. The summed E-state index contributed by atoms with van der Waals surface area (Å²) in [6.45, 7) is -0.480. The van der Waals surface area contributed by atoms with Crippen LogP contribution in [-0.4, -0.2) is 66.8 Å². The van der Waals surface area contributed by atoms with E-state index in [0.29, 0.717) is 10.2 Å². The summed E-state index contributed by atoms with van der Waals surface area (Å²) < 4.78 is 46.8. The number of carbonyl (C=O) groups excluding carboxylic acids is 3. The number of hydrogen-bond donors (Lipinski definition) is 3. The molecule has 0 aliphatic carbocycles. The second-order valence-electron chi connectivity index (χ2n) is 7.82. The normalized spacial score (nSPS) is 12.1. The van der Waals surface area contributed by atoms with Gasteiger partial charge in [0.25, 0.3) is 0 Å². The number of nitrogens with zero attached hydrogens (tertiary/aromatic N) is 2. The third kappa shape index (κ3) is 9.00. The van der Waals surface area contributed by atoms with Gasteiger partial charge in [0, 0.05) is 13.1 Å². The summed E-state index contributed by atoms with van der Waals surface area (Å²) in [7, 11) is 1.37. The van der Waals surface area contributed by atoms with E-state index in [0.717, 1.165) is 33.9 Å². The lowest BCUT2D eigenvalue weighted by Gasteiger charge is -2.18. The number of rotatable bonds is 11. The van der Waals surface area contributed by atoms with Gasteiger partial charge in [-0.15, -0.1) is 13.2 Å². The molecule has 3 rings (SSSR count). The first kappa shape index (κ1) is 27.8. The number of alkyl halides is 3. The number of nitrogens with two attached hydrogens (primary N) is 1. The van der Waals surface area contributed by atoms with Crippen molar-refractivity contribution in [3.05, 3.63) is 54.1 Å². The predicted octanol–water partition coefficient (Wildman–Crippen LogP) is 2.25. The number of aromatic nitrogens is 1. The van der Waals surface area contributed by atoms with Crippen molar-refractivity contribution in [2.24, 2.45) is 5.73 Å². The van der Waals surface area contributed by atoms with Crippen LogP contribution in [0, 0.1) is 0 Å². The number of thiazole rings is 1. The topological polar surface area (TPSA) is 136 Å². The molecule has 3 aromatic rings. The largest absolute Gasteiger partial charge is 0.573 e. The van der Waals surface area contributed by atoms with E-state index in [2.05, 4.69) is 20.4 Å². The minimum absolute atomic E-state index is 0.0425. The van der Waals surface area contributed by atoms with E-state index in [4.69, 9.17) is 10.5 Å². The van der Waals surface area contributed by atoms with Gasteiger partial charge in [0.05, 0.1) is 36.5 Å². The van der Waals surface area contributed by atoms with Gasteiger partial charge in [0.1, 0.15) is 11.8 Å². The van der Waals surface area contributed by atoms with Crippen LogP contribution in [0.2, 0.25) is 0 Å². The SMILES string of the molecule is CN(CC(=O)Nc1nc2ccc(OC(F)(F)F)cc2s1)C(=O)CNC(=O)C(N)COCc1ccccc1. The molecule has 10 nitrogen and oxygen atoms in total. The Bertz CT molecular complexity index is 1240. The Morgan fingerprint density at radius 2 is 1.89 bits per heavy atom. The summed E-state index contributed by atoms with van der Waals surface area (Å²) in [5.74, 6) is -2.11. The second-order valence-corrected chi connectivity index (χ2v) is 8.85. The Labute approximate surface area is 213 Å². The standard InChI is InChI=1S/C23H24F3N5O5S/c1-31(20(33)10-28-21(34)16(27)13-35-12-14-5-3-2-4-6-14)11-19(32)30-22-29-17-8-7-15(9-18(17)37-22)36-23(24,25)26/h2-9,16H,10-13,27H2,1H3,(H,28,34)(H,29,30,32). The Morgan fingerprint density at radius 3 is 2.59 bits per heavy atom. The number of hydrogen-bond acceptors (Lipinski definition) is 8. The summed E-state index contributed by atoms with van der Waals surface area (Å²) in [5, 5.41) is 5.04. The van der Waals surface area contributed by atoms with Crippen molar-refractivity contribution < 1.29 is 37.0 Å². The molecule has 1 aromatic heterocycles. The molecule has 3 amide bonds. The van der Waals surface area contributed by atoms with E-state index >= 15 is 0 Å². The van der Waals surface area contributed by atoms with Crippen LogP contribution >= 0.6 is 11.3 Å². The molecule has 14 heteroatoms. The van der Waals surface area contributed by atoms with Crippen molar-refractivity contribution in [3.63, 3.8) is 0 Å². The molecule has 198 valence electrons. The zero-order chi connectivity index (χ0) is 27.0. The number of carbonyl (C=O) groups is 3. The summed E-state index contributed by atoms with van der Waals surface area (Å²) in [6, 6.07) is 12.0. The highest BCUT2D eigenvalue weighted by molar-refractivity contribution is 7.22. The first-order valence-corrected chi connectivity index (χ1v) is 11.7. The molecule has 4 N–H and O–H groups in total. The highest BCUT2D eigenvalue weighted by atomic mass is 32.1. The molecule has 0 bridgehead atoms. The molecule has 0 fully saturated rings. The molecule has 1 atom stereocenters. The third-order valence-corrected chi connectivity index (χ3v) is 5.74. The molecule has 0 aliphatic heterocycles. The fourth-order valence-electron chi connectivity index (χ4n) is 3.00. The van der Waals surface area contributed by atoms with E-state index in [-0.39, 0.29) is 31.4 Å². The molecule has 1 unspecified atom stereocenters. The van der Waals surface area contributed by atoms with Gasteiger partial charge >= 0.3 is 6.36 Å². The van der Waals surface area contributed by atoms with E-state index in [1.165, 1.54) is 13.1 Å². The van der Waals surface area contributed by atoms with Crippen molar-refractivity contribution >= 4 is 44.4 Å². The number of halogens is 3. The van der Waals surface area contributed by atoms with Gasteiger partial charge in [-0.05, 0) is 17.7 Å². The van der Waals surface area contributed by atoms with Gasteiger partial charge in [-0.2, -0.15) is 0 Å². The van der Waals surface area contributed by atoms with Crippen LogP contribution in [0.25, 0.3) is 10.2 Å². The molecule has 0 spiro atoms. The van der Waals surface area contributed by atoms with Crippen LogP contribution in [0.15, 0.2) is 48.5 Å². The van der Waals surface area contributed by atoms with E-state index in [1.54, 1.807) is 0 Å². The molecule has 2 aromatic carbocycles. The van der Waals surface area contributed by atoms with E-state index in [1.807, 2.05) is 30.3 Å². The van der Waals surface area contributed by atoms with Crippen LogP contribution in [-0.2, 0) is 25.7 Å². The van der Waals surface area contributed by atoms with Crippen molar-refractivity contribution in [1.82, 2.24) is 15.2 Å². The summed E-state index contributed by atoms with van der Waals surface area (Å²) in [4.78, 5) is 41.9. The maximum Gasteiger partial charge on any atom is 0.573 e. The number of anilines is 1. The number of fused-ring (bicyclic) bond motifs is 1. The Balaban J connectivity index is 1.41. The van der Waals surface area contributed by atoms with Crippen molar-refractivity contribution in [2.75, 3.05) is 32.1 Å². The average molecular weight is 540 g/mol. The maximum atomic E-state index is 12.4. The summed E-state index contributed by atoms with van der Waals surface area (Å²) >= 11 is 0.947. The fourth-order valence-corrected chi connectivity index (χ4v) is 3.91. The van der Waals surface area contributed by atoms with E-state index in [9.17, 15) is 27.6 Å². The minimum atomic E-state index is -4.83. The van der Waals surface area contributed by atoms with Crippen LogP contribution < -0.4 is 21.1 Å². The van der Waals surface area contributed by atoms with Gasteiger partial charge in [-0.1, -0.05) is 41.7 Å². The number of benzene rings is 2. The van der Waals surface area contributed by atoms with E-state index < -0.39 is 35.9 Å². The summed E-state index contributed by atoms with van der Waals surface area (Å²) in [6.07, 6.45) is -4.83. The lowest BCUT2D eigenvalue weighted by Crippen LogP contribution is -2.48. The number of nitrogens with one attached hydrogen (secondary N) is 2. The first-order chi connectivity index (χ1) is 17.5. The average Bonchev–Trinajstić information content (AvgIpc) is 3.22. The Kier molecular flexibility index (Phi) is 9.38. The quantitative estimate of drug-likeness (QED) is 0.340. The lowest BCUT2D eigenvalue weighted by atomic mass is 10.2.